The summed E-state index contributed by atoms with van der Waals surface area (Å²) in [6, 6.07) is -0.0211. The lowest BCUT2D eigenvalue weighted by Crippen LogP contribution is -2.54. The van der Waals surface area contributed by atoms with Crippen molar-refractivity contribution in [3.8, 4) is 0 Å². The van der Waals surface area contributed by atoms with Crippen LogP contribution in [0.2, 0.25) is 0 Å². The second kappa shape index (κ2) is 5.45. The van der Waals surface area contributed by atoms with Crippen molar-refractivity contribution in [3.63, 3.8) is 0 Å². The summed E-state index contributed by atoms with van der Waals surface area (Å²) in [7, 11) is -3.29. The lowest BCUT2D eigenvalue weighted by Gasteiger charge is -2.38. The largest absolute Gasteiger partial charge is 0.326 e. The standard InChI is InChI=1S/C12H25N3O2S/c1-10-3-5-14(6-4-10)18(16,17)15-8-11(2)7-12(13)9-15/h10-12H,3-9,13H2,1-2H3. The molecule has 2 heterocycles. The van der Waals surface area contributed by atoms with E-state index in [1.807, 2.05) is 0 Å². The molecule has 0 aliphatic carbocycles. The Balaban J connectivity index is 2.06. The zero-order valence-electron chi connectivity index (χ0n) is 11.4. The zero-order valence-corrected chi connectivity index (χ0v) is 12.2. The first-order chi connectivity index (χ1) is 8.39. The molecule has 2 saturated heterocycles. The molecule has 18 heavy (non-hydrogen) atoms. The molecule has 0 aromatic rings. The summed E-state index contributed by atoms with van der Waals surface area (Å²) in [4.78, 5) is 0. The van der Waals surface area contributed by atoms with Crippen LogP contribution in [-0.4, -0.2) is 49.2 Å². The minimum absolute atomic E-state index is 0.0211. The molecule has 2 unspecified atom stereocenters. The van der Waals surface area contributed by atoms with Crippen molar-refractivity contribution in [1.29, 1.82) is 0 Å². The van der Waals surface area contributed by atoms with Crippen LogP contribution in [0.5, 0.6) is 0 Å². The molecule has 0 aromatic carbocycles. The lowest BCUT2D eigenvalue weighted by atomic mass is 9.99. The minimum Gasteiger partial charge on any atom is -0.326 e. The molecule has 0 bridgehead atoms. The van der Waals surface area contributed by atoms with Gasteiger partial charge in [-0.3, -0.25) is 0 Å². The Morgan fingerprint density at radius 1 is 1.00 bits per heavy atom. The van der Waals surface area contributed by atoms with Crippen molar-refractivity contribution >= 4 is 10.2 Å². The zero-order chi connectivity index (χ0) is 13.3. The van der Waals surface area contributed by atoms with Gasteiger partial charge in [-0.05, 0) is 31.1 Å². The van der Waals surface area contributed by atoms with E-state index in [1.165, 1.54) is 0 Å². The van der Waals surface area contributed by atoms with Crippen molar-refractivity contribution in [3.05, 3.63) is 0 Å². The predicted molar refractivity (Wildman–Crippen MR) is 72.2 cm³/mol. The fourth-order valence-corrected chi connectivity index (χ4v) is 4.74. The number of nitrogens with two attached hydrogens (primary N) is 1. The Labute approximate surface area is 110 Å². The minimum atomic E-state index is -3.29. The fourth-order valence-electron chi connectivity index (χ4n) is 2.92. The maximum Gasteiger partial charge on any atom is 0.282 e. The molecule has 0 aromatic heterocycles. The van der Waals surface area contributed by atoms with Gasteiger partial charge in [-0.2, -0.15) is 17.0 Å². The third-order valence-electron chi connectivity index (χ3n) is 4.05. The average Bonchev–Trinajstić information content (AvgIpc) is 2.28. The molecular weight excluding hydrogens is 250 g/mol. The Bertz CT molecular complexity index is 367. The van der Waals surface area contributed by atoms with Crippen LogP contribution in [0.1, 0.15) is 33.1 Å². The van der Waals surface area contributed by atoms with Gasteiger partial charge in [0.05, 0.1) is 0 Å². The topological polar surface area (TPSA) is 66.6 Å². The molecule has 0 radical (unpaired) electrons. The van der Waals surface area contributed by atoms with Gasteiger partial charge in [0.15, 0.2) is 0 Å². The highest BCUT2D eigenvalue weighted by Crippen LogP contribution is 2.24. The highest BCUT2D eigenvalue weighted by Gasteiger charge is 2.36. The Morgan fingerprint density at radius 3 is 2.17 bits per heavy atom. The predicted octanol–water partition coefficient (Wildman–Crippen LogP) is 0.632. The van der Waals surface area contributed by atoms with E-state index < -0.39 is 10.2 Å². The molecule has 5 nitrogen and oxygen atoms in total. The van der Waals surface area contributed by atoms with Crippen molar-refractivity contribution in [2.45, 2.75) is 39.2 Å². The molecule has 2 aliphatic rings. The smallest absolute Gasteiger partial charge is 0.282 e. The molecule has 2 rings (SSSR count). The van der Waals surface area contributed by atoms with Gasteiger partial charge < -0.3 is 5.73 Å². The Kier molecular flexibility index (Phi) is 4.31. The molecule has 0 spiro atoms. The maximum absolute atomic E-state index is 12.5. The third-order valence-corrected chi connectivity index (χ3v) is 6.02. The van der Waals surface area contributed by atoms with Crippen molar-refractivity contribution in [2.75, 3.05) is 26.2 Å². The van der Waals surface area contributed by atoms with E-state index >= 15 is 0 Å². The molecule has 2 aliphatic heterocycles. The summed E-state index contributed by atoms with van der Waals surface area (Å²) in [5.74, 6) is 0.992. The SMILES string of the molecule is CC1CCN(S(=O)(=O)N2CC(C)CC(N)C2)CC1. The summed E-state index contributed by atoms with van der Waals surface area (Å²) in [6.45, 7) is 6.65. The summed E-state index contributed by atoms with van der Waals surface area (Å²) >= 11 is 0. The molecule has 6 heteroatoms. The van der Waals surface area contributed by atoms with E-state index in [4.69, 9.17) is 5.73 Å². The summed E-state index contributed by atoms with van der Waals surface area (Å²) in [5, 5.41) is 0. The molecule has 2 fully saturated rings. The average molecular weight is 275 g/mol. The van der Waals surface area contributed by atoms with Crippen LogP contribution in [0.15, 0.2) is 0 Å². The Morgan fingerprint density at radius 2 is 1.61 bits per heavy atom. The third kappa shape index (κ3) is 3.04. The number of hydrogen-bond donors (Lipinski definition) is 1. The van der Waals surface area contributed by atoms with Gasteiger partial charge in [0.25, 0.3) is 10.2 Å². The van der Waals surface area contributed by atoms with E-state index in [-0.39, 0.29) is 6.04 Å². The van der Waals surface area contributed by atoms with Crippen LogP contribution in [0.3, 0.4) is 0 Å². The van der Waals surface area contributed by atoms with E-state index in [9.17, 15) is 8.42 Å². The quantitative estimate of drug-likeness (QED) is 0.804. The number of nitrogens with zero attached hydrogens (tertiary/aromatic N) is 2. The second-order valence-electron chi connectivity index (χ2n) is 6.01. The van der Waals surface area contributed by atoms with Crippen LogP contribution >= 0.6 is 0 Å². The van der Waals surface area contributed by atoms with Crippen molar-refractivity contribution < 1.29 is 8.42 Å². The first-order valence-electron chi connectivity index (χ1n) is 6.90. The van der Waals surface area contributed by atoms with Crippen LogP contribution < -0.4 is 5.73 Å². The molecule has 2 atom stereocenters. The number of rotatable bonds is 2. The summed E-state index contributed by atoms with van der Waals surface area (Å²) < 4.78 is 28.3. The van der Waals surface area contributed by atoms with Gasteiger partial charge in [0, 0.05) is 32.2 Å². The number of hydrogen-bond acceptors (Lipinski definition) is 3. The highest BCUT2D eigenvalue weighted by molar-refractivity contribution is 7.86. The van der Waals surface area contributed by atoms with Gasteiger partial charge in [0.2, 0.25) is 0 Å². The molecule has 2 N–H and O–H groups in total. The van der Waals surface area contributed by atoms with Crippen LogP contribution in [0.25, 0.3) is 0 Å². The summed E-state index contributed by atoms with van der Waals surface area (Å²) in [5.41, 5.74) is 5.94. The van der Waals surface area contributed by atoms with Gasteiger partial charge >= 0.3 is 0 Å². The van der Waals surface area contributed by atoms with Crippen LogP contribution in [0, 0.1) is 11.8 Å². The van der Waals surface area contributed by atoms with Gasteiger partial charge in [0.1, 0.15) is 0 Å². The van der Waals surface area contributed by atoms with Gasteiger partial charge in [-0.1, -0.05) is 13.8 Å². The molecule has 0 saturated carbocycles. The lowest BCUT2D eigenvalue weighted by molar-refractivity contribution is 0.219. The fraction of sp³-hybridized carbons (Fsp3) is 1.00. The van der Waals surface area contributed by atoms with E-state index in [2.05, 4.69) is 13.8 Å². The first-order valence-corrected chi connectivity index (χ1v) is 8.30. The molecule has 0 amide bonds. The van der Waals surface area contributed by atoms with Crippen molar-refractivity contribution in [1.82, 2.24) is 8.61 Å². The second-order valence-corrected chi connectivity index (χ2v) is 7.94. The highest BCUT2D eigenvalue weighted by atomic mass is 32.2. The van der Waals surface area contributed by atoms with E-state index in [0.717, 1.165) is 19.3 Å². The summed E-state index contributed by atoms with van der Waals surface area (Å²) in [6.07, 6.45) is 2.85. The Hall–Kier alpha value is -0.170. The normalized spacial score (nSPS) is 33.7. The van der Waals surface area contributed by atoms with Crippen LogP contribution in [0.4, 0.5) is 0 Å². The molecular formula is C12H25N3O2S. The van der Waals surface area contributed by atoms with Gasteiger partial charge in [-0.15, -0.1) is 0 Å². The molecule has 106 valence electrons. The van der Waals surface area contributed by atoms with E-state index in [1.54, 1.807) is 8.61 Å². The monoisotopic (exact) mass is 275 g/mol. The van der Waals surface area contributed by atoms with Crippen molar-refractivity contribution in [2.24, 2.45) is 17.6 Å². The maximum atomic E-state index is 12.5. The van der Waals surface area contributed by atoms with Gasteiger partial charge in [-0.25, -0.2) is 0 Å². The van der Waals surface area contributed by atoms with Crippen LogP contribution in [-0.2, 0) is 10.2 Å². The first kappa shape index (κ1) is 14.2. The van der Waals surface area contributed by atoms with E-state index in [0.29, 0.717) is 38.0 Å². The number of piperidine rings is 2.